The Kier molecular flexibility index (Phi) is 6.37. The lowest BCUT2D eigenvalue weighted by Gasteiger charge is -2.37. The van der Waals surface area contributed by atoms with Crippen molar-refractivity contribution in [3.8, 4) is 0 Å². The molecule has 16 heavy (non-hydrogen) atoms. The van der Waals surface area contributed by atoms with Gasteiger partial charge in [-0.1, -0.05) is 40.0 Å². The molecule has 4 unspecified atom stereocenters. The molecule has 0 spiro atoms. The van der Waals surface area contributed by atoms with Gasteiger partial charge in [-0.15, -0.1) is 0 Å². The molecule has 0 heterocycles. The molecule has 1 aliphatic carbocycles. The molecule has 4 atom stereocenters. The summed E-state index contributed by atoms with van der Waals surface area (Å²) in [6.45, 7) is 7.89. The SMILES string of the molecule is CCCC(COC)NC1CCCC(C)C1C. The van der Waals surface area contributed by atoms with Gasteiger partial charge in [0.25, 0.3) is 0 Å². The van der Waals surface area contributed by atoms with Gasteiger partial charge in [-0.25, -0.2) is 0 Å². The van der Waals surface area contributed by atoms with E-state index in [0.29, 0.717) is 12.1 Å². The van der Waals surface area contributed by atoms with Crippen molar-refractivity contribution in [1.82, 2.24) is 5.32 Å². The zero-order valence-corrected chi connectivity index (χ0v) is 11.5. The molecule has 96 valence electrons. The van der Waals surface area contributed by atoms with Gasteiger partial charge in [0.1, 0.15) is 0 Å². The Bertz CT molecular complexity index is 178. The van der Waals surface area contributed by atoms with Crippen molar-refractivity contribution in [3.05, 3.63) is 0 Å². The second kappa shape index (κ2) is 7.29. The highest BCUT2D eigenvalue weighted by Gasteiger charge is 2.28. The Hall–Kier alpha value is -0.0800. The predicted octanol–water partition coefficient (Wildman–Crippen LogP) is 3.22. The Morgan fingerprint density at radius 1 is 1.31 bits per heavy atom. The highest BCUT2D eigenvalue weighted by molar-refractivity contribution is 4.84. The zero-order valence-electron chi connectivity index (χ0n) is 11.5. The first-order chi connectivity index (χ1) is 7.69. The molecule has 0 saturated heterocycles. The second-order valence-corrected chi connectivity index (χ2v) is 5.48. The molecular formula is C14H29NO. The van der Waals surface area contributed by atoms with E-state index in [-0.39, 0.29) is 0 Å². The number of nitrogens with one attached hydrogen (secondary N) is 1. The third-order valence-corrected chi connectivity index (χ3v) is 4.16. The summed E-state index contributed by atoms with van der Waals surface area (Å²) in [6.07, 6.45) is 6.59. The second-order valence-electron chi connectivity index (χ2n) is 5.48. The lowest BCUT2D eigenvalue weighted by molar-refractivity contribution is 0.129. The van der Waals surface area contributed by atoms with Crippen molar-refractivity contribution < 1.29 is 4.74 Å². The summed E-state index contributed by atoms with van der Waals surface area (Å²) >= 11 is 0. The monoisotopic (exact) mass is 227 g/mol. The average Bonchev–Trinajstić information content (AvgIpc) is 2.25. The number of methoxy groups -OCH3 is 1. The maximum absolute atomic E-state index is 5.30. The van der Waals surface area contributed by atoms with Gasteiger partial charge >= 0.3 is 0 Å². The van der Waals surface area contributed by atoms with Gasteiger partial charge in [-0.3, -0.25) is 0 Å². The van der Waals surface area contributed by atoms with Gasteiger partial charge in [-0.2, -0.15) is 0 Å². The summed E-state index contributed by atoms with van der Waals surface area (Å²) in [4.78, 5) is 0. The van der Waals surface area contributed by atoms with Crippen molar-refractivity contribution >= 4 is 0 Å². The van der Waals surface area contributed by atoms with Crippen molar-refractivity contribution in [2.75, 3.05) is 13.7 Å². The highest BCUT2D eigenvalue weighted by Crippen LogP contribution is 2.29. The molecule has 0 bridgehead atoms. The zero-order chi connectivity index (χ0) is 12.0. The molecule has 2 nitrogen and oxygen atoms in total. The number of rotatable bonds is 6. The van der Waals surface area contributed by atoms with E-state index < -0.39 is 0 Å². The largest absolute Gasteiger partial charge is 0.383 e. The van der Waals surface area contributed by atoms with Crippen LogP contribution in [0.2, 0.25) is 0 Å². The highest BCUT2D eigenvalue weighted by atomic mass is 16.5. The van der Waals surface area contributed by atoms with Crippen LogP contribution in [-0.2, 0) is 4.74 Å². The van der Waals surface area contributed by atoms with E-state index in [1.807, 2.05) is 0 Å². The number of ether oxygens (including phenoxy) is 1. The topological polar surface area (TPSA) is 21.3 Å². The van der Waals surface area contributed by atoms with Crippen molar-refractivity contribution in [2.45, 2.75) is 65.0 Å². The standard InChI is InChI=1S/C14H29NO/c1-5-7-13(10-16-4)15-14-9-6-8-11(2)12(14)3/h11-15H,5-10H2,1-4H3. The molecule has 0 aromatic carbocycles. The fourth-order valence-corrected chi connectivity index (χ4v) is 2.88. The van der Waals surface area contributed by atoms with Crippen LogP contribution in [0.3, 0.4) is 0 Å². The molecule has 1 aliphatic rings. The van der Waals surface area contributed by atoms with Gasteiger partial charge in [0.15, 0.2) is 0 Å². The quantitative estimate of drug-likeness (QED) is 0.752. The number of hydrogen-bond acceptors (Lipinski definition) is 2. The van der Waals surface area contributed by atoms with Crippen LogP contribution in [0.5, 0.6) is 0 Å². The van der Waals surface area contributed by atoms with Gasteiger partial charge in [0, 0.05) is 19.2 Å². The van der Waals surface area contributed by atoms with Crippen LogP contribution >= 0.6 is 0 Å². The van der Waals surface area contributed by atoms with Crippen LogP contribution in [0.15, 0.2) is 0 Å². The Morgan fingerprint density at radius 3 is 2.69 bits per heavy atom. The first-order valence-corrected chi connectivity index (χ1v) is 6.94. The first-order valence-electron chi connectivity index (χ1n) is 6.94. The maximum Gasteiger partial charge on any atom is 0.0615 e. The van der Waals surface area contributed by atoms with Crippen molar-refractivity contribution in [1.29, 1.82) is 0 Å². The van der Waals surface area contributed by atoms with E-state index >= 15 is 0 Å². The third kappa shape index (κ3) is 4.06. The molecule has 1 fully saturated rings. The predicted molar refractivity (Wildman–Crippen MR) is 69.7 cm³/mol. The van der Waals surface area contributed by atoms with Crippen LogP contribution < -0.4 is 5.32 Å². The average molecular weight is 227 g/mol. The molecular weight excluding hydrogens is 198 g/mol. The first kappa shape index (κ1) is 14.0. The molecule has 1 N–H and O–H groups in total. The molecule has 0 aromatic heterocycles. The Morgan fingerprint density at radius 2 is 2.06 bits per heavy atom. The lowest BCUT2D eigenvalue weighted by Crippen LogP contribution is -2.47. The molecule has 2 heteroatoms. The Balaban J connectivity index is 2.42. The third-order valence-electron chi connectivity index (χ3n) is 4.16. The maximum atomic E-state index is 5.30. The van der Waals surface area contributed by atoms with E-state index in [1.54, 1.807) is 7.11 Å². The fourth-order valence-electron chi connectivity index (χ4n) is 2.88. The number of hydrogen-bond donors (Lipinski definition) is 1. The van der Waals surface area contributed by atoms with E-state index in [9.17, 15) is 0 Å². The minimum atomic E-state index is 0.549. The van der Waals surface area contributed by atoms with Crippen molar-refractivity contribution in [3.63, 3.8) is 0 Å². The normalized spacial score (nSPS) is 32.6. The van der Waals surface area contributed by atoms with E-state index in [0.717, 1.165) is 18.4 Å². The summed E-state index contributed by atoms with van der Waals surface area (Å²) < 4.78 is 5.30. The summed E-state index contributed by atoms with van der Waals surface area (Å²) in [5.41, 5.74) is 0. The van der Waals surface area contributed by atoms with Gasteiger partial charge in [0.05, 0.1) is 6.61 Å². The minimum Gasteiger partial charge on any atom is -0.383 e. The summed E-state index contributed by atoms with van der Waals surface area (Å²) in [7, 11) is 1.80. The molecule has 0 aromatic rings. The van der Waals surface area contributed by atoms with Crippen molar-refractivity contribution in [2.24, 2.45) is 11.8 Å². The van der Waals surface area contributed by atoms with Crippen LogP contribution in [-0.4, -0.2) is 25.8 Å². The minimum absolute atomic E-state index is 0.549. The summed E-state index contributed by atoms with van der Waals surface area (Å²) in [6, 6.07) is 1.25. The van der Waals surface area contributed by atoms with Crippen LogP contribution in [0.4, 0.5) is 0 Å². The summed E-state index contributed by atoms with van der Waals surface area (Å²) in [5, 5.41) is 3.81. The van der Waals surface area contributed by atoms with Gasteiger partial charge in [-0.05, 0) is 24.7 Å². The summed E-state index contributed by atoms with van der Waals surface area (Å²) in [5.74, 6) is 1.68. The van der Waals surface area contributed by atoms with E-state index in [2.05, 4.69) is 26.1 Å². The van der Waals surface area contributed by atoms with Crippen LogP contribution in [0.25, 0.3) is 0 Å². The Labute approximate surface area is 101 Å². The van der Waals surface area contributed by atoms with Gasteiger partial charge in [0.2, 0.25) is 0 Å². The van der Waals surface area contributed by atoms with Gasteiger partial charge < -0.3 is 10.1 Å². The molecule has 0 aliphatic heterocycles. The molecule has 0 radical (unpaired) electrons. The fraction of sp³-hybridized carbons (Fsp3) is 1.00. The molecule has 1 saturated carbocycles. The van der Waals surface area contributed by atoms with E-state index in [1.165, 1.54) is 32.1 Å². The lowest BCUT2D eigenvalue weighted by atomic mass is 9.77. The van der Waals surface area contributed by atoms with E-state index in [4.69, 9.17) is 4.74 Å². The van der Waals surface area contributed by atoms with Crippen LogP contribution in [0.1, 0.15) is 52.9 Å². The van der Waals surface area contributed by atoms with Crippen LogP contribution in [0, 0.1) is 11.8 Å². The molecule has 1 rings (SSSR count). The molecule has 0 amide bonds. The smallest absolute Gasteiger partial charge is 0.0615 e.